The molecule has 0 amide bonds. The van der Waals surface area contributed by atoms with Crippen molar-refractivity contribution in [2.45, 2.75) is 13.5 Å². The van der Waals surface area contributed by atoms with Gasteiger partial charge in [0, 0.05) is 13.2 Å². The summed E-state index contributed by atoms with van der Waals surface area (Å²) in [5.74, 6) is -0.168. The van der Waals surface area contributed by atoms with E-state index in [4.69, 9.17) is 24.1 Å². The number of methoxy groups -OCH3 is 1. The van der Waals surface area contributed by atoms with Crippen molar-refractivity contribution in [1.29, 1.82) is 0 Å². The average Bonchev–Trinajstić information content (AvgIpc) is 2.96. The molecule has 8 nitrogen and oxygen atoms in total. The Labute approximate surface area is 108 Å². The molecule has 0 atom stereocenters. The predicted molar refractivity (Wildman–Crippen MR) is 63.1 cm³/mol. The van der Waals surface area contributed by atoms with Gasteiger partial charge in [0.25, 0.3) is 5.89 Å². The third-order valence-electron chi connectivity index (χ3n) is 2.19. The van der Waals surface area contributed by atoms with Crippen LogP contribution in [0.4, 0.5) is 5.88 Å². The van der Waals surface area contributed by atoms with Gasteiger partial charge in [-0.05, 0) is 6.92 Å². The normalized spacial score (nSPS) is 10.6. The second-order valence-corrected chi connectivity index (χ2v) is 3.56. The molecule has 8 heteroatoms. The number of carbonyl (C=O) groups is 1. The fourth-order valence-electron chi connectivity index (χ4n) is 1.41. The van der Waals surface area contributed by atoms with Crippen LogP contribution in [-0.4, -0.2) is 29.8 Å². The maximum absolute atomic E-state index is 11.5. The van der Waals surface area contributed by atoms with Gasteiger partial charge in [0.2, 0.25) is 11.6 Å². The third kappa shape index (κ3) is 2.74. The third-order valence-corrected chi connectivity index (χ3v) is 2.19. The molecule has 0 saturated carbocycles. The molecule has 102 valence electrons. The lowest BCUT2D eigenvalue weighted by atomic mass is 10.3. The highest BCUT2D eigenvalue weighted by Crippen LogP contribution is 2.24. The lowest BCUT2D eigenvalue weighted by Gasteiger charge is -1.96. The molecule has 0 unspecified atom stereocenters. The number of nitrogens with two attached hydrogens (primary N) is 1. The standard InChI is InChI=1S/C11H13N3O5/c1-3-17-11(15)8-9(12)18-10(13-8)7-4-6(5-16-2)19-14-7/h4H,3,5,12H2,1-2H3. The molecule has 2 heterocycles. The number of ether oxygens (including phenoxy) is 2. The summed E-state index contributed by atoms with van der Waals surface area (Å²) in [6.45, 7) is 2.18. The van der Waals surface area contributed by atoms with Crippen LogP contribution in [0.1, 0.15) is 23.2 Å². The van der Waals surface area contributed by atoms with Crippen LogP contribution in [0.15, 0.2) is 15.0 Å². The first-order chi connectivity index (χ1) is 9.15. The van der Waals surface area contributed by atoms with Gasteiger partial charge in [-0.15, -0.1) is 0 Å². The van der Waals surface area contributed by atoms with E-state index in [0.717, 1.165) is 0 Å². The van der Waals surface area contributed by atoms with Crippen LogP contribution >= 0.6 is 0 Å². The highest BCUT2D eigenvalue weighted by molar-refractivity contribution is 5.92. The van der Waals surface area contributed by atoms with Crippen LogP contribution in [0.2, 0.25) is 0 Å². The molecular weight excluding hydrogens is 254 g/mol. The number of aromatic nitrogens is 2. The van der Waals surface area contributed by atoms with E-state index in [9.17, 15) is 4.79 Å². The summed E-state index contributed by atoms with van der Waals surface area (Å²) in [5.41, 5.74) is 5.81. The maximum Gasteiger partial charge on any atom is 0.362 e. The molecule has 0 aliphatic carbocycles. The highest BCUT2D eigenvalue weighted by Gasteiger charge is 2.21. The molecule has 0 spiro atoms. The molecule has 2 N–H and O–H groups in total. The number of rotatable bonds is 5. The highest BCUT2D eigenvalue weighted by atomic mass is 16.5. The van der Waals surface area contributed by atoms with E-state index in [1.54, 1.807) is 13.0 Å². The van der Waals surface area contributed by atoms with E-state index in [0.29, 0.717) is 11.5 Å². The Balaban J connectivity index is 2.25. The molecule has 0 fully saturated rings. The van der Waals surface area contributed by atoms with Gasteiger partial charge in [-0.1, -0.05) is 5.16 Å². The monoisotopic (exact) mass is 267 g/mol. The summed E-state index contributed by atoms with van der Waals surface area (Å²) in [5, 5.41) is 3.75. The second kappa shape index (κ2) is 5.53. The number of hydrogen-bond donors (Lipinski definition) is 1. The minimum absolute atomic E-state index is 0.0758. The molecule has 2 aromatic heterocycles. The minimum Gasteiger partial charge on any atom is -0.461 e. The first kappa shape index (κ1) is 13.1. The second-order valence-electron chi connectivity index (χ2n) is 3.56. The largest absolute Gasteiger partial charge is 0.461 e. The van der Waals surface area contributed by atoms with Gasteiger partial charge in [-0.3, -0.25) is 0 Å². The Hall–Kier alpha value is -2.35. The molecule has 0 aromatic carbocycles. The van der Waals surface area contributed by atoms with Gasteiger partial charge >= 0.3 is 5.97 Å². The number of oxazole rings is 1. The Morgan fingerprint density at radius 1 is 1.53 bits per heavy atom. The van der Waals surface area contributed by atoms with E-state index in [2.05, 4.69) is 10.1 Å². The Morgan fingerprint density at radius 3 is 3.00 bits per heavy atom. The molecule has 19 heavy (non-hydrogen) atoms. The van der Waals surface area contributed by atoms with Gasteiger partial charge in [0.1, 0.15) is 6.61 Å². The van der Waals surface area contributed by atoms with Crippen LogP contribution in [0.25, 0.3) is 11.6 Å². The number of carbonyl (C=O) groups excluding carboxylic acids is 1. The van der Waals surface area contributed by atoms with Crippen molar-refractivity contribution in [2.75, 3.05) is 19.5 Å². The maximum atomic E-state index is 11.5. The summed E-state index contributed by atoms with van der Waals surface area (Å²) < 4.78 is 19.8. The van der Waals surface area contributed by atoms with Crippen molar-refractivity contribution in [2.24, 2.45) is 0 Å². The lowest BCUT2D eigenvalue weighted by molar-refractivity contribution is 0.0521. The van der Waals surface area contributed by atoms with E-state index in [1.807, 2.05) is 0 Å². The van der Waals surface area contributed by atoms with E-state index < -0.39 is 5.97 Å². The van der Waals surface area contributed by atoms with Crippen LogP contribution in [0, 0.1) is 0 Å². The molecule has 0 aliphatic heterocycles. The SMILES string of the molecule is CCOC(=O)c1nc(-c2cc(COC)on2)oc1N. The summed E-state index contributed by atoms with van der Waals surface area (Å²) in [6.07, 6.45) is 0. The molecule has 2 aromatic rings. The minimum atomic E-state index is -0.643. The van der Waals surface area contributed by atoms with Crippen molar-refractivity contribution < 1.29 is 23.2 Å². The number of nitrogen functional groups attached to an aromatic ring is 1. The Kier molecular flexibility index (Phi) is 3.81. The number of nitrogens with zero attached hydrogens (tertiary/aromatic N) is 2. The van der Waals surface area contributed by atoms with Crippen LogP contribution in [-0.2, 0) is 16.1 Å². The van der Waals surface area contributed by atoms with Crippen molar-refractivity contribution in [3.63, 3.8) is 0 Å². The van der Waals surface area contributed by atoms with Crippen molar-refractivity contribution in [1.82, 2.24) is 10.1 Å². The zero-order valence-electron chi connectivity index (χ0n) is 10.5. The predicted octanol–water partition coefficient (Wildman–Crippen LogP) is 1.23. The number of esters is 1. The van der Waals surface area contributed by atoms with E-state index >= 15 is 0 Å². The molecule has 0 saturated heterocycles. The van der Waals surface area contributed by atoms with Crippen LogP contribution in [0.3, 0.4) is 0 Å². The Morgan fingerprint density at radius 2 is 2.32 bits per heavy atom. The molecular formula is C11H13N3O5. The smallest absolute Gasteiger partial charge is 0.362 e. The van der Waals surface area contributed by atoms with E-state index in [-0.39, 0.29) is 30.7 Å². The summed E-state index contributed by atoms with van der Waals surface area (Å²) >= 11 is 0. The first-order valence-corrected chi connectivity index (χ1v) is 5.54. The quantitative estimate of drug-likeness (QED) is 0.804. The van der Waals surface area contributed by atoms with Crippen molar-refractivity contribution >= 4 is 11.9 Å². The molecule has 0 bridgehead atoms. The van der Waals surface area contributed by atoms with Gasteiger partial charge in [-0.25, -0.2) is 4.79 Å². The first-order valence-electron chi connectivity index (χ1n) is 5.54. The zero-order valence-corrected chi connectivity index (χ0v) is 10.5. The van der Waals surface area contributed by atoms with Crippen LogP contribution in [0.5, 0.6) is 0 Å². The van der Waals surface area contributed by atoms with Crippen molar-refractivity contribution in [3.8, 4) is 11.6 Å². The van der Waals surface area contributed by atoms with E-state index in [1.165, 1.54) is 7.11 Å². The van der Waals surface area contributed by atoms with Gasteiger partial charge in [-0.2, -0.15) is 4.98 Å². The zero-order chi connectivity index (χ0) is 13.8. The number of hydrogen-bond acceptors (Lipinski definition) is 8. The molecule has 2 rings (SSSR count). The average molecular weight is 267 g/mol. The van der Waals surface area contributed by atoms with Gasteiger partial charge < -0.3 is 24.1 Å². The number of anilines is 1. The Bertz CT molecular complexity index is 575. The topological polar surface area (TPSA) is 114 Å². The fourth-order valence-corrected chi connectivity index (χ4v) is 1.41. The fraction of sp³-hybridized carbons (Fsp3) is 0.364. The van der Waals surface area contributed by atoms with Crippen LogP contribution < -0.4 is 5.73 Å². The van der Waals surface area contributed by atoms with Crippen molar-refractivity contribution in [3.05, 3.63) is 17.5 Å². The molecule has 0 radical (unpaired) electrons. The lowest BCUT2D eigenvalue weighted by Crippen LogP contribution is -2.07. The molecule has 0 aliphatic rings. The summed E-state index contributed by atoms with van der Waals surface area (Å²) in [7, 11) is 1.53. The summed E-state index contributed by atoms with van der Waals surface area (Å²) in [4.78, 5) is 15.5. The summed E-state index contributed by atoms with van der Waals surface area (Å²) in [6, 6.07) is 1.59. The van der Waals surface area contributed by atoms with Gasteiger partial charge in [0.15, 0.2) is 11.5 Å². The van der Waals surface area contributed by atoms with Gasteiger partial charge in [0.05, 0.1) is 6.61 Å².